The van der Waals surface area contributed by atoms with Gasteiger partial charge < -0.3 is 14.8 Å². The van der Waals surface area contributed by atoms with Gasteiger partial charge in [0.2, 0.25) is 0 Å². The molecule has 1 N–H and O–H groups in total. The van der Waals surface area contributed by atoms with Crippen molar-refractivity contribution in [1.82, 2.24) is 0 Å². The van der Waals surface area contributed by atoms with Crippen LogP contribution in [0.3, 0.4) is 0 Å². The van der Waals surface area contributed by atoms with E-state index in [4.69, 9.17) is 4.74 Å². The van der Waals surface area contributed by atoms with Gasteiger partial charge in [-0.05, 0) is 43.5 Å². The number of hydrogen-bond acceptors (Lipinski definition) is 5. The fraction of sp³-hybridized carbons (Fsp3) is 0.348. The lowest BCUT2D eigenvalue weighted by Gasteiger charge is -2.27. The summed E-state index contributed by atoms with van der Waals surface area (Å²) >= 11 is 0. The number of amides is 1. The van der Waals surface area contributed by atoms with E-state index in [0.717, 1.165) is 18.4 Å². The van der Waals surface area contributed by atoms with Crippen LogP contribution in [0.25, 0.3) is 0 Å². The second kappa shape index (κ2) is 9.07. The van der Waals surface area contributed by atoms with Crippen LogP contribution < -0.4 is 5.32 Å². The minimum atomic E-state index is -1.06. The summed E-state index contributed by atoms with van der Waals surface area (Å²) in [5, 5.41) is 2.64. The first-order valence-electron chi connectivity index (χ1n) is 9.78. The zero-order valence-electron chi connectivity index (χ0n) is 17.0. The number of carbonyl (C=O) groups is 3. The summed E-state index contributed by atoms with van der Waals surface area (Å²) in [5.41, 5.74) is 0.700. The molecule has 0 heterocycles. The van der Waals surface area contributed by atoms with Crippen LogP contribution in [-0.4, -0.2) is 31.6 Å². The van der Waals surface area contributed by atoms with Crippen molar-refractivity contribution >= 4 is 23.5 Å². The summed E-state index contributed by atoms with van der Waals surface area (Å²) in [6, 6.07) is 11.0. The number of esters is 2. The SMILES string of the molecule is COC(=O)c1ccc(C)c(NC(=O)COC(=O)C2(c3ccccc3F)CCCC2)c1. The molecule has 0 radical (unpaired) electrons. The largest absolute Gasteiger partial charge is 0.465 e. The number of carbonyl (C=O) groups excluding carboxylic acids is 3. The number of benzene rings is 2. The van der Waals surface area contributed by atoms with Crippen molar-refractivity contribution in [3.63, 3.8) is 0 Å². The van der Waals surface area contributed by atoms with Crippen LogP contribution in [0.15, 0.2) is 42.5 Å². The van der Waals surface area contributed by atoms with Gasteiger partial charge in [0.15, 0.2) is 6.61 Å². The molecule has 1 aliphatic rings. The lowest BCUT2D eigenvalue weighted by molar-refractivity contribution is -0.153. The van der Waals surface area contributed by atoms with Gasteiger partial charge in [-0.3, -0.25) is 9.59 Å². The van der Waals surface area contributed by atoms with E-state index in [1.54, 1.807) is 37.3 Å². The lowest BCUT2D eigenvalue weighted by atomic mass is 9.78. The van der Waals surface area contributed by atoms with Crippen molar-refractivity contribution in [2.24, 2.45) is 0 Å². The second-order valence-corrected chi connectivity index (χ2v) is 7.41. The van der Waals surface area contributed by atoms with E-state index in [1.807, 2.05) is 0 Å². The molecular weight excluding hydrogens is 389 g/mol. The monoisotopic (exact) mass is 413 g/mol. The molecule has 30 heavy (non-hydrogen) atoms. The summed E-state index contributed by atoms with van der Waals surface area (Å²) in [7, 11) is 1.27. The first kappa shape index (κ1) is 21.5. The molecule has 1 fully saturated rings. The molecule has 1 saturated carbocycles. The highest BCUT2D eigenvalue weighted by Crippen LogP contribution is 2.43. The summed E-state index contributed by atoms with van der Waals surface area (Å²) in [5.74, 6) is -2.11. The lowest BCUT2D eigenvalue weighted by Crippen LogP contribution is -2.37. The zero-order chi connectivity index (χ0) is 21.7. The molecule has 7 heteroatoms. The molecule has 2 aromatic carbocycles. The predicted octanol–water partition coefficient (Wildman–Crippen LogP) is 3.91. The number of ether oxygens (including phenoxy) is 2. The Labute approximate surface area is 174 Å². The molecule has 2 aromatic rings. The first-order chi connectivity index (χ1) is 14.4. The summed E-state index contributed by atoms with van der Waals surface area (Å²) in [4.78, 5) is 36.9. The third-order valence-electron chi connectivity index (χ3n) is 5.50. The van der Waals surface area contributed by atoms with Crippen molar-refractivity contribution in [3.05, 3.63) is 65.0 Å². The van der Waals surface area contributed by atoms with Gasteiger partial charge in [0.25, 0.3) is 5.91 Å². The Hall–Kier alpha value is -3.22. The van der Waals surface area contributed by atoms with Crippen LogP contribution >= 0.6 is 0 Å². The van der Waals surface area contributed by atoms with E-state index in [0.29, 0.717) is 29.7 Å². The molecule has 3 rings (SSSR count). The number of halogens is 1. The molecule has 0 bridgehead atoms. The quantitative estimate of drug-likeness (QED) is 0.726. The Morgan fingerprint density at radius 1 is 1.10 bits per heavy atom. The molecule has 0 unspecified atom stereocenters. The fourth-order valence-corrected chi connectivity index (χ4v) is 3.87. The van der Waals surface area contributed by atoms with Gasteiger partial charge in [-0.25, -0.2) is 9.18 Å². The number of rotatable bonds is 6. The maximum atomic E-state index is 14.4. The van der Waals surface area contributed by atoms with Crippen molar-refractivity contribution in [2.75, 3.05) is 19.0 Å². The van der Waals surface area contributed by atoms with Crippen LogP contribution in [0.4, 0.5) is 10.1 Å². The molecule has 0 spiro atoms. The Morgan fingerprint density at radius 3 is 2.47 bits per heavy atom. The molecule has 0 saturated heterocycles. The number of hydrogen-bond donors (Lipinski definition) is 1. The molecule has 0 aromatic heterocycles. The van der Waals surface area contributed by atoms with Crippen molar-refractivity contribution < 1.29 is 28.2 Å². The number of methoxy groups -OCH3 is 1. The molecule has 0 aliphatic heterocycles. The van der Waals surface area contributed by atoms with E-state index in [2.05, 4.69) is 10.1 Å². The van der Waals surface area contributed by atoms with Gasteiger partial charge in [0, 0.05) is 11.3 Å². The highest BCUT2D eigenvalue weighted by Gasteiger charge is 2.45. The maximum absolute atomic E-state index is 14.4. The highest BCUT2D eigenvalue weighted by molar-refractivity contribution is 5.97. The Kier molecular flexibility index (Phi) is 6.50. The smallest absolute Gasteiger partial charge is 0.337 e. The number of nitrogens with one attached hydrogen (secondary N) is 1. The van der Waals surface area contributed by atoms with Crippen LogP contribution in [0.1, 0.15) is 47.2 Å². The van der Waals surface area contributed by atoms with Gasteiger partial charge in [0.05, 0.1) is 18.1 Å². The van der Waals surface area contributed by atoms with E-state index in [9.17, 15) is 18.8 Å². The topological polar surface area (TPSA) is 81.7 Å². The van der Waals surface area contributed by atoms with Gasteiger partial charge in [-0.1, -0.05) is 37.1 Å². The third kappa shape index (κ3) is 4.35. The molecule has 0 atom stereocenters. The van der Waals surface area contributed by atoms with Crippen LogP contribution in [0, 0.1) is 12.7 Å². The van der Waals surface area contributed by atoms with Crippen molar-refractivity contribution in [1.29, 1.82) is 0 Å². The average molecular weight is 413 g/mol. The average Bonchev–Trinajstić information content (AvgIpc) is 3.24. The van der Waals surface area contributed by atoms with Crippen molar-refractivity contribution in [2.45, 2.75) is 38.0 Å². The number of anilines is 1. The molecular formula is C23H24FNO5. The van der Waals surface area contributed by atoms with Crippen molar-refractivity contribution in [3.8, 4) is 0 Å². The predicted molar refractivity (Wildman–Crippen MR) is 109 cm³/mol. The summed E-state index contributed by atoms with van der Waals surface area (Å²) in [6.45, 7) is 1.27. The van der Waals surface area contributed by atoms with Gasteiger partial charge in [-0.2, -0.15) is 0 Å². The molecule has 1 amide bonds. The summed E-state index contributed by atoms with van der Waals surface area (Å²) < 4.78 is 24.4. The van der Waals surface area contributed by atoms with Gasteiger partial charge in [-0.15, -0.1) is 0 Å². The van der Waals surface area contributed by atoms with E-state index in [-0.39, 0.29) is 0 Å². The molecule has 158 valence electrons. The van der Waals surface area contributed by atoms with Gasteiger partial charge in [0.1, 0.15) is 5.82 Å². The van der Waals surface area contributed by atoms with E-state index >= 15 is 0 Å². The molecule has 6 nitrogen and oxygen atoms in total. The van der Waals surface area contributed by atoms with Crippen LogP contribution in [0.5, 0.6) is 0 Å². The van der Waals surface area contributed by atoms with Gasteiger partial charge >= 0.3 is 11.9 Å². The second-order valence-electron chi connectivity index (χ2n) is 7.41. The summed E-state index contributed by atoms with van der Waals surface area (Å²) in [6.07, 6.45) is 2.54. The van der Waals surface area contributed by atoms with E-state index in [1.165, 1.54) is 19.2 Å². The zero-order valence-corrected chi connectivity index (χ0v) is 17.0. The normalized spacial score (nSPS) is 14.8. The molecule has 1 aliphatic carbocycles. The Morgan fingerprint density at radius 2 is 1.80 bits per heavy atom. The minimum absolute atomic E-state index is 0.292. The van der Waals surface area contributed by atoms with E-state index < -0.39 is 35.7 Å². The number of aryl methyl sites for hydroxylation is 1. The van der Waals surface area contributed by atoms with Crippen LogP contribution in [0.2, 0.25) is 0 Å². The minimum Gasteiger partial charge on any atom is -0.465 e. The maximum Gasteiger partial charge on any atom is 0.337 e. The Balaban J connectivity index is 1.69. The first-order valence-corrected chi connectivity index (χ1v) is 9.78. The standard InChI is InChI=1S/C23H24FNO5/c1-15-9-10-16(21(27)29-2)13-19(15)25-20(26)14-30-22(28)23(11-5-6-12-23)17-7-3-4-8-18(17)24/h3-4,7-10,13H,5-6,11-12,14H2,1-2H3,(H,25,26). The van der Waals surface area contributed by atoms with Crippen LogP contribution in [-0.2, 0) is 24.5 Å². The third-order valence-corrected chi connectivity index (χ3v) is 5.50. The fourth-order valence-electron chi connectivity index (χ4n) is 3.87. The Bertz CT molecular complexity index is 966. The highest BCUT2D eigenvalue weighted by atomic mass is 19.1.